The normalized spacial score (nSPS) is 13.0. The van der Waals surface area contributed by atoms with E-state index >= 15 is 0 Å². The number of amides is 1. The van der Waals surface area contributed by atoms with Crippen molar-refractivity contribution in [3.63, 3.8) is 0 Å². The van der Waals surface area contributed by atoms with Crippen LogP contribution in [0.1, 0.15) is 49.7 Å². The summed E-state index contributed by atoms with van der Waals surface area (Å²) in [4.78, 5) is 18.3. The standard InChI is InChI=1S/C22H21F2N7O.C2H6.H2/c1-25-22(32)18-11-26-19-5-6-20(28-31(18)19)30-7-3-4-13-8-15(14-10-27-29(2)12-14)16(21(23)24)9-17(13)30;1-2;/h5-6,8-12,21H,3-4,7H2,1-2H3,(H,25,32);1-2H3;1H. The maximum atomic E-state index is 14.0. The van der Waals surface area contributed by atoms with Crippen LogP contribution in [0.2, 0.25) is 0 Å². The van der Waals surface area contributed by atoms with Crippen molar-refractivity contribution in [1.82, 2.24) is 29.7 Å². The average molecular weight is 470 g/mol. The van der Waals surface area contributed by atoms with Crippen LogP contribution in [0.15, 0.2) is 42.9 Å². The average Bonchev–Trinajstić information content (AvgIpc) is 3.49. The van der Waals surface area contributed by atoms with Crippen LogP contribution in [0.3, 0.4) is 0 Å². The van der Waals surface area contributed by atoms with Crippen molar-refractivity contribution in [2.45, 2.75) is 33.1 Å². The second-order valence-electron chi connectivity index (χ2n) is 7.71. The van der Waals surface area contributed by atoms with Gasteiger partial charge >= 0.3 is 0 Å². The molecule has 8 nitrogen and oxygen atoms in total. The number of anilines is 2. The molecule has 0 saturated carbocycles. The van der Waals surface area contributed by atoms with Crippen LogP contribution in [0.4, 0.5) is 20.3 Å². The van der Waals surface area contributed by atoms with Crippen molar-refractivity contribution in [1.29, 1.82) is 0 Å². The minimum absolute atomic E-state index is 0. The molecule has 1 N–H and O–H groups in total. The molecular formula is C24H29F2N7O. The topological polar surface area (TPSA) is 80.3 Å². The number of aryl methyl sites for hydroxylation is 2. The molecule has 1 aliphatic heterocycles. The third-order valence-corrected chi connectivity index (χ3v) is 5.70. The van der Waals surface area contributed by atoms with Gasteiger partial charge in [0.1, 0.15) is 0 Å². The molecule has 1 aromatic carbocycles. The summed E-state index contributed by atoms with van der Waals surface area (Å²) in [6.07, 6.45) is 3.79. The highest BCUT2D eigenvalue weighted by Crippen LogP contribution is 2.40. The lowest BCUT2D eigenvalue weighted by atomic mass is 9.93. The number of carbonyl (C=O) groups excluding carboxylic acids is 1. The first-order valence-corrected chi connectivity index (χ1v) is 11.2. The maximum absolute atomic E-state index is 14.0. The van der Waals surface area contributed by atoms with Crippen LogP contribution in [0.25, 0.3) is 16.8 Å². The zero-order valence-electron chi connectivity index (χ0n) is 19.6. The van der Waals surface area contributed by atoms with Gasteiger partial charge in [-0.05, 0) is 48.2 Å². The molecule has 0 atom stereocenters. The number of carbonyl (C=O) groups is 1. The van der Waals surface area contributed by atoms with Crippen molar-refractivity contribution < 1.29 is 15.0 Å². The Morgan fingerprint density at radius 2 is 2.00 bits per heavy atom. The van der Waals surface area contributed by atoms with Gasteiger partial charge in [-0.25, -0.2) is 18.3 Å². The Bertz CT molecular complexity index is 1330. The molecule has 4 aromatic rings. The van der Waals surface area contributed by atoms with E-state index in [1.165, 1.54) is 17.8 Å². The number of imidazole rings is 1. The summed E-state index contributed by atoms with van der Waals surface area (Å²) >= 11 is 0. The molecule has 0 spiro atoms. The Labute approximate surface area is 197 Å². The summed E-state index contributed by atoms with van der Waals surface area (Å²) in [5.74, 6) is 0.262. The van der Waals surface area contributed by atoms with Crippen LogP contribution in [-0.2, 0) is 13.5 Å². The second-order valence-corrected chi connectivity index (χ2v) is 7.71. The fourth-order valence-electron chi connectivity index (χ4n) is 4.17. The van der Waals surface area contributed by atoms with Gasteiger partial charge in [-0.15, -0.1) is 5.10 Å². The molecule has 0 radical (unpaired) electrons. The Morgan fingerprint density at radius 1 is 1.21 bits per heavy atom. The number of hydrogen-bond donors (Lipinski definition) is 1. The zero-order valence-corrected chi connectivity index (χ0v) is 19.6. The number of fused-ring (bicyclic) bond motifs is 2. The molecule has 0 saturated heterocycles. The van der Waals surface area contributed by atoms with Crippen LogP contribution in [0.5, 0.6) is 0 Å². The number of halogens is 2. The predicted octanol–water partition coefficient (Wildman–Crippen LogP) is 4.78. The lowest BCUT2D eigenvalue weighted by molar-refractivity contribution is 0.0956. The highest BCUT2D eigenvalue weighted by atomic mass is 19.3. The van der Waals surface area contributed by atoms with Crippen LogP contribution in [0, 0.1) is 0 Å². The lowest BCUT2D eigenvalue weighted by Crippen LogP contribution is -2.27. The predicted molar refractivity (Wildman–Crippen MR) is 129 cm³/mol. The first-order valence-electron chi connectivity index (χ1n) is 11.2. The number of alkyl halides is 2. The van der Waals surface area contributed by atoms with Gasteiger partial charge < -0.3 is 10.2 Å². The van der Waals surface area contributed by atoms with E-state index in [0.717, 1.165) is 18.4 Å². The van der Waals surface area contributed by atoms with E-state index in [2.05, 4.69) is 20.5 Å². The van der Waals surface area contributed by atoms with E-state index in [-0.39, 0.29) is 12.9 Å². The first-order chi connectivity index (χ1) is 16.5. The first kappa shape index (κ1) is 23.3. The summed E-state index contributed by atoms with van der Waals surface area (Å²) in [5, 5.41) is 11.3. The molecule has 0 aliphatic carbocycles. The number of aromatic nitrogens is 5. The van der Waals surface area contributed by atoms with Gasteiger partial charge in [0.25, 0.3) is 12.3 Å². The maximum Gasteiger partial charge on any atom is 0.271 e. The monoisotopic (exact) mass is 469 g/mol. The second kappa shape index (κ2) is 9.58. The van der Waals surface area contributed by atoms with E-state index in [9.17, 15) is 13.6 Å². The molecule has 1 amide bonds. The molecule has 1 aliphatic rings. The van der Waals surface area contributed by atoms with E-state index < -0.39 is 6.43 Å². The summed E-state index contributed by atoms with van der Waals surface area (Å²) in [6, 6.07) is 6.95. The Hall–Kier alpha value is -3.82. The fraction of sp³-hybridized carbons (Fsp3) is 0.333. The summed E-state index contributed by atoms with van der Waals surface area (Å²) in [6.45, 7) is 4.63. The van der Waals surface area contributed by atoms with E-state index in [1.807, 2.05) is 24.8 Å². The van der Waals surface area contributed by atoms with Crippen molar-refractivity contribution in [3.05, 3.63) is 59.7 Å². The fourth-order valence-corrected chi connectivity index (χ4v) is 4.17. The molecule has 0 fully saturated rings. The molecule has 3 aromatic heterocycles. The summed E-state index contributed by atoms with van der Waals surface area (Å²) in [7, 11) is 3.30. The van der Waals surface area contributed by atoms with Crippen molar-refractivity contribution in [2.24, 2.45) is 7.05 Å². The third kappa shape index (κ3) is 4.11. The third-order valence-electron chi connectivity index (χ3n) is 5.70. The molecule has 34 heavy (non-hydrogen) atoms. The van der Waals surface area contributed by atoms with Crippen molar-refractivity contribution >= 4 is 23.1 Å². The van der Waals surface area contributed by atoms with Crippen LogP contribution in [-0.4, -0.2) is 43.9 Å². The molecule has 0 unspecified atom stereocenters. The van der Waals surface area contributed by atoms with E-state index in [0.29, 0.717) is 40.5 Å². The van der Waals surface area contributed by atoms with Crippen molar-refractivity contribution in [3.8, 4) is 11.1 Å². The van der Waals surface area contributed by atoms with Gasteiger partial charge in [0.2, 0.25) is 0 Å². The summed E-state index contributed by atoms with van der Waals surface area (Å²) in [5.41, 5.74) is 3.63. The number of nitrogens with one attached hydrogen (secondary N) is 1. The Kier molecular flexibility index (Phi) is 6.58. The lowest BCUT2D eigenvalue weighted by Gasteiger charge is -2.31. The zero-order chi connectivity index (χ0) is 24.4. The van der Waals surface area contributed by atoms with Gasteiger partial charge in [-0.1, -0.05) is 13.8 Å². The quantitative estimate of drug-likeness (QED) is 0.465. The summed E-state index contributed by atoms with van der Waals surface area (Å²) < 4.78 is 31.2. The highest BCUT2D eigenvalue weighted by Gasteiger charge is 2.26. The molecule has 0 bridgehead atoms. The number of rotatable bonds is 4. The minimum Gasteiger partial charge on any atom is -0.354 e. The number of hydrogen-bond acceptors (Lipinski definition) is 5. The molecule has 180 valence electrons. The minimum atomic E-state index is -2.64. The van der Waals surface area contributed by atoms with E-state index in [4.69, 9.17) is 0 Å². The number of benzene rings is 1. The number of nitrogens with zero attached hydrogens (tertiary/aromatic N) is 6. The molecular weight excluding hydrogens is 440 g/mol. The molecule has 10 heteroatoms. The smallest absolute Gasteiger partial charge is 0.271 e. The van der Waals surface area contributed by atoms with Gasteiger partial charge in [0.15, 0.2) is 17.2 Å². The van der Waals surface area contributed by atoms with Gasteiger partial charge in [0, 0.05) is 45.1 Å². The van der Waals surface area contributed by atoms with Crippen LogP contribution >= 0.6 is 0 Å². The molecule has 4 heterocycles. The largest absolute Gasteiger partial charge is 0.354 e. The SMILES string of the molecule is CC.CNC(=O)c1cnc2ccc(N3CCCc4cc(-c5cnn(C)c5)c(C(F)F)cc43)nn12.[HH]. The van der Waals surface area contributed by atoms with Crippen LogP contribution < -0.4 is 10.2 Å². The molecule has 5 rings (SSSR count). The van der Waals surface area contributed by atoms with E-state index in [1.54, 1.807) is 42.3 Å². The Morgan fingerprint density at radius 3 is 2.68 bits per heavy atom. The van der Waals surface area contributed by atoms with Gasteiger partial charge in [0.05, 0.1) is 12.4 Å². The van der Waals surface area contributed by atoms with Gasteiger partial charge in [-0.3, -0.25) is 9.48 Å². The highest BCUT2D eigenvalue weighted by molar-refractivity contribution is 5.92. The van der Waals surface area contributed by atoms with Crippen molar-refractivity contribution in [2.75, 3.05) is 18.5 Å². The Balaban J connectivity index is 0.00000111. The van der Waals surface area contributed by atoms with Gasteiger partial charge in [-0.2, -0.15) is 5.10 Å².